The van der Waals surface area contributed by atoms with Crippen molar-refractivity contribution in [1.29, 1.82) is 0 Å². The van der Waals surface area contributed by atoms with Crippen LogP contribution in [0, 0.1) is 5.82 Å². The third-order valence-corrected chi connectivity index (χ3v) is 2.06. The van der Waals surface area contributed by atoms with Gasteiger partial charge in [-0.1, -0.05) is 12.1 Å². The van der Waals surface area contributed by atoms with Crippen molar-refractivity contribution in [3.63, 3.8) is 0 Å². The first kappa shape index (κ1) is 12.7. The maximum atomic E-state index is 12.9. The number of allylic oxidation sites excluding steroid dienone is 1. The molecular weight excluding hydrogens is 210 g/mol. The minimum absolute atomic E-state index is 0.166. The number of rotatable bonds is 6. The summed E-state index contributed by atoms with van der Waals surface area (Å²) in [6.07, 6.45) is 3.31. The minimum atomic E-state index is -1.66. The minimum Gasteiger partial charge on any atom is -0.494 e. The summed E-state index contributed by atoms with van der Waals surface area (Å²) in [5.74, 6) is -0.304. The predicted molar refractivity (Wildman–Crippen MR) is 61.2 cm³/mol. The van der Waals surface area contributed by atoms with Crippen molar-refractivity contribution < 1.29 is 19.2 Å². The predicted octanol–water partition coefficient (Wildman–Crippen LogP) is 0.850. The molecule has 0 unspecified atom stereocenters. The van der Waals surface area contributed by atoms with E-state index < -0.39 is 12.9 Å². The van der Waals surface area contributed by atoms with E-state index in [1.54, 1.807) is 6.08 Å². The lowest BCUT2D eigenvalue weighted by molar-refractivity contribution is 0.311. The van der Waals surface area contributed by atoms with Crippen molar-refractivity contribution in [2.24, 2.45) is 0 Å². The Morgan fingerprint density at radius 3 is 2.81 bits per heavy atom. The average Bonchev–Trinajstić information content (AvgIpc) is 2.24. The first-order chi connectivity index (χ1) is 7.65. The molecule has 0 aliphatic carbocycles. The van der Waals surface area contributed by atoms with Crippen LogP contribution in [0.4, 0.5) is 4.39 Å². The van der Waals surface area contributed by atoms with Gasteiger partial charge >= 0.3 is 7.12 Å². The van der Waals surface area contributed by atoms with E-state index in [4.69, 9.17) is 14.8 Å². The summed E-state index contributed by atoms with van der Waals surface area (Å²) in [6.45, 7) is 3.95. The van der Waals surface area contributed by atoms with Gasteiger partial charge in [0.1, 0.15) is 11.6 Å². The molecule has 0 heterocycles. The fraction of sp³-hybridized carbons (Fsp3) is 0.273. The summed E-state index contributed by atoms with van der Waals surface area (Å²) in [7, 11) is -1.66. The zero-order valence-corrected chi connectivity index (χ0v) is 8.90. The molecule has 0 aromatic heterocycles. The molecule has 1 aromatic carbocycles. The van der Waals surface area contributed by atoms with Gasteiger partial charge in [0.15, 0.2) is 0 Å². The van der Waals surface area contributed by atoms with E-state index in [9.17, 15) is 4.39 Å². The molecule has 16 heavy (non-hydrogen) atoms. The molecule has 0 spiro atoms. The summed E-state index contributed by atoms with van der Waals surface area (Å²) in [6, 6.07) is 3.59. The van der Waals surface area contributed by atoms with Crippen LogP contribution in [0.3, 0.4) is 0 Å². The summed E-state index contributed by atoms with van der Waals surface area (Å²) in [4.78, 5) is 0. The van der Waals surface area contributed by atoms with Crippen LogP contribution in [0.25, 0.3) is 0 Å². The molecule has 0 atom stereocenters. The van der Waals surface area contributed by atoms with E-state index in [1.807, 2.05) is 0 Å². The first-order valence-electron chi connectivity index (χ1n) is 5.04. The fourth-order valence-electron chi connectivity index (χ4n) is 1.26. The molecule has 86 valence electrons. The molecule has 1 rings (SSSR count). The van der Waals surface area contributed by atoms with Gasteiger partial charge in [-0.25, -0.2) is 4.39 Å². The Kier molecular flexibility index (Phi) is 5.02. The lowest BCUT2D eigenvalue weighted by Gasteiger charge is -2.10. The smallest absolute Gasteiger partial charge is 0.492 e. The zero-order valence-electron chi connectivity index (χ0n) is 8.90. The number of ether oxygens (including phenoxy) is 1. The third kappa shape index (κ3) is 3.68. The van der Waals surface area contributed by atoms with Gasteiger partial charge in [0.25, 0.3) is 0 Å². The van der Waals surface area contributed by atoms with E-state index in [0.29, 0.717) is 6.61 Å². The Hall–Kier alpha value is -1.33. The first-order valence-corrected chi connectivity index (χ1v) is 5.04. The lowest BCUT2D eigenvalue weighted by Crippen LogP contribution is -2.31. The van der Waals surface area contributed by atoms with Gasteiger partial charge < -0.3 is 14.8 Å². The van der Waals surface area contributed by atoms with Crippen LogP contribution in [0.2, 0.25) is 0 Å². The molecule has 0 aliphatic heterocycles. The average molecular weight is 224 g/mol. The zero-order chi connectivity index (χ0) is 12.0. The Labute approximate surface area is 94.3 Å². The van der Waals surface area contributed by atoms with Crippen molar-refractivity contribution >= 4 is 12.6 Å². The Bertz CT molecular complexity index is 355. The summed E-state index contributed by atoms with van der Waals surface area (Å²) in [5.41, 5.74) is 0.167. The standard InChI is InChI=1S/C11H14BFO3/c1-2-3-4-7-16-11-8-9(13)5-6-10(11)12(14)15/h2,5-6,8,14-15H,1,3-4,7H2. The highest BCUT2D eigenvalue weighted by Crippen LogP contribution is 2.11. The van der Waals surface area contributed by atoms with Gasteiger partial charge in [-0.3, -0.25) is 0 Å². The van der Waals surface area contributed by atoms with Crippen LogP contribution in [0.1, 0.15) is 12.8 Å². The normalized spacial score (nSPS) is 9.94. The summed E-state index contributed by atoms with van der Waals surface area (Å²) < 4.78 is 18.2. The van der Waals surface area contributed by atoms with Gasteiger partial charge in [0, 0.05) is 11.5 Å². The van der Waals surface area contributed by atoms with E-state index >= 15 is 0 Å². The largest absolute Gasteiger partial charge is 0.494 e. The monoisotopic (exact) mass is 224 g/mol. The SMILES string of the molecule is C=CCCCOc1cc(F)ccc1B(O)O. The van der Waals surface area contributed by atoms with Crippen LogP contribution in [0.15, 0.2) is 30.9 Å². The molecule has 0 fully saturated rings. The number of hydrogen-bond acceptors (Lipinski definition) is 3. The van der Waals surface area contributed by atoms with Crippen LogP contribution in [-0.2, 0) is 0 Å². The topological polar surface area (TPSA) is 49.7 Å². The second kappa shape index (κ2) is 6.30. The van der Waals surface area contributed by atoms with Crippen molar-refractivity contribution in [1.82, 2.24) is 0 Å². The van der Waals surface area contributed by atoms with Crippen molar-refractivity contribution in [3.05, 3.63) is 36.7 Å². The molecule has 0 saturated heterocycles. The number of hydrogen-bond donors (Lipinski definition) is 2. The molecular formula is C11H14BFO3. The van der Waals surface area contributed by atoms with Crippen LogP contribution >= 0.6 is 0 Å². The molecule has 0 amide bonds. The van der Waals surface area contributed by atoms with E-state index in [-0.39, 0.29) is 11.2 Å². The van der Waals surface area contributed by atoms with Gasteiger partial charge in [-0.05, 0) is 18.9 Å². The molecule has 5 heteroatoms. The van der Waals surface area contributed by atoms with Gasteiger partial charge in [0.05, 0.1) is 6.61 Å². The van der Waals surface area contributed by atoms with Crippen molar-refractivity contribution in [2.45, 2.75) is 12.8 Å². The van der Waals surface area contributed by atoms with Crippen molar-refractivity contribution in [3.8, 4) is 5.75 Å². The summed E-state index contributed by atoms with van der Waals surface area (Å²) in [5, 5.41) is 18.1. The van der Waals surface area contributed by atoms with E-state index in [2.05, 4.69) is 6.58 Å². The van der Waals surface area contributed by atoms with Crippen molar-refractivity contribution in [2.75, 3.05) is 6.61 Å². The van der Waals surface area contributed by atoms with Gasteiger partial charge in [-0.2, -0.15) is 0 Å². The van der Waals surface area contributed by atoms with Crippen LogP contribution in [0.5, 0.6) is 5.75 Å². The Morgan fingerprint density at radius 1 is 1.44 bits per heavy atom. The molecule has 0 bridgehead atoms. The van der Waals surface area contributed by atoms with Gasteiger partial charge in [-0.15, -0.1) is 6.58 Å². The highest BCUT2D eigenvalue weighted by Gasteiger charge is 2.17. The lowest BCUT2D eigenvalue weighted by atomic mass is 9.79. The fourth-order valence-corrected chi connectivity index (χ4v) is 1.26. The number of benzene rings is 1. The molecule has 2 N–H and O–H groups in total. The maximum absolute atomic E-state index is 12.9. The number of unbranched alkanes of at least 4 members (excludes halogenated alkanes) is 1. The highest BCUT2D eigenvalue weighted by molar-refractivity contribution is 6.59. The van der Waals surface area contributed by atoms with Crippen LogP contribution < -0.4 is 10.2 Å². The third-order valence-electron chi connectivity index (χ3n) is 2.06. The molecule has 3 nitrogen and oxygen atoms in total. The quantitative estimate of drug-likeness (QED) is 0.428. The second-order valence-electron chi connectivity index (χ2n) is 3.34. The molecule has 0 saturated carbocycles. The number of halogens is 1. The van der Waals surface area contributed by atoms with Gasteiger partial charge in [0.2, 0.25) is 0 Å². The molecule has 1 aromatic rings. The van der Waals surface area contributed by atoms with Crippen LogP contribution in [-0.4, -0.2) is 23.8 Å². The Morgan fingerprint density at radius 2 is 2.19 bits per heavy atom. The maximum Gasteiger partial charge on any atom is 0.492 e. The highest BCUT2D eigenvalue weighted by atomic mass is 19.1. The molecule has 0 radical (unpaired) electrons. The Balaban J connectivity index is 2.68. The van der Waals surface area contributed by atoms with E-state index in [1.165, 1.54) is 6.07 Å². The summed E-state index contributed by atoms with van der Waals surface area (Å²) >= 11 is 0. The van der Waals surface area contributed by atoms with E-state index in [0.717, 1.165) is 25.0 Å². The second-order valence-corrected chi connectivity index (χ2v) is 3.34. The molecule has 0 aliphatic rings.